The fraction of sp³-hybridized carbons (Fsp3) is 0.103. The molecule has 9 aromatic carbocycles. The van der Waals surface area contributed by atoms with E-state index in [9.17, 15) is 0 Å². The van der Waals surface area contributed by atoms with E-state index in [4.69, 9.17) is 0 Å². The van der Waals surface area contributed by atoms with E-state index in [1.807, 2.05) is 0 Å². The largest absolute Gasteiger partial charge is 0.311 e. The Hall–Kier alpha value is -6.96. The van der Waals surface area contributed by atoms with Crippen LogP contribution in [0.25, 0.3) is 72.1 Å². The van der Waals surface area contributed by atoms with E-state index < -0.39 is 0 Å². The Morgan fingerprint density at radius 3 is 1.78 bits per heavy atom. The lowest BCUT2D eigenvalue weighted by atomic mass is 9.82. The molecule has 1 atom stereocenters. The molecule has 0 saturated carbocycles. The quantitative estimate of drug-likeness (QED) is 0.163. The van der Waals surface area contributed by atoms with Gasteiger partial charge in [-0.15, -0.1) is 0 Å². The van der Waals surface area contributed by atoms with Gasteiger partial charge in [0, 0.05) is 22.5 Å². The van der Waals surface area contributed by atoms with E-state index in [0.29, 0.717) is 5.92 Å². The van der Waals surface area contributed by atoms with Crippen molar-refractivity contribution in [2.75, 3.05) is 4.90 Å². The Morgan fingerprint density at radius 1 is 0.458 bits per heavy atom. The molecule has 1 nitrogen and oxygen atoms in total. The second-order valence-electron chi connectivity index (χ2n) is 17.0. The number of hydrogen-bond acceptors (Lipinski definition) is 1. The Bertz CT molecular complexity index is 3090. The predicted octanol–water partition coefficient (Wildman–Crippen LogP) is 16.0. The van der Waals surface area contributed by atoms with Crippen molar-refractivity contribution in [2.45, 2.75) is 32.6 Å². The topological polar surface area (TPSA) is 3.24 Å². The van der Waals surface area contributed by atoms with Crippen molar-refractivity contribution in [1.29, 1.82) is 0 Å². The van der Waals surface area contributed by atoms with Gasteiger partial charge in [-0.2, -0.15) is 0 Å². The molecule has 2 aliphatic rings. The van der Waals surface area contributed by atoms with Crippen molar-refractivity contribution in [3.8, 4) is 44.5 Å². The third-order valence-corrected chi connectivity index (χ3v) is 13.0. The fourth-order valence-electron chi connectivity index (χ4n) is 9.93. The minimum atomic E-state index is -0.0365. The second-order valence-corrected chi connectivity index (χ2v) is 17.0. The van der Waals surface area contributed by atoms with Crippen molar-refractivity contribution >= 4 is 44.7 Å². The van der Waals surface area contributed by atoms with Gasteiger partial charge < -0.3 is 4.90 Å². The van der Waals surface area contributed by atoms with Gasteiger partial charge in [0.1, 0.15) is 0 Å². The third-order valence-electron chi connectivity index (χ3n) is 13.0. The number of rotatable bonds is 6. The summed E-state index contributed by atoms with van der Waals surface area (Å²) in [5.74, 6) is 0.551. The first-order valence-corrected chi connectivity index (χ1v) is 21.0. The normalized spacial score (nSPS) is 14.9. The molecule has 0 bridgehead atoms. The van der Waals surface area contributed by atoms with Crippen LogP contribution in [0.3, 0.4) is 0 Å². The first-order valence-electron chi connectivity index (χ1n) is 21.0. The number of allylic oxidation sites excluding steroid dienone is 1. The summed E-state index contributed by atoms with van der Waals surface area (Å²) in [5, 5.41) is 5.19. The molecule has 1 heteroatoms. The number of fused-ring (bicyclic) bond motifs is 7. The maximum atomic E-state index is 2.39. The molecular formula is C58H45N. The zero-order valence-corrected chi connectivity index (χ0v) is 33.8. The van der Waals surface area contributed by atoms with Crippen LogP contribution >= 0.6 is 0 Å². The summed E-state index contributed by atoms with van der Waals surface area (Å²) in [6.45, 7) is 7.01. The highest BCUT2D eigenvalue weighted by atomic mass is 15.1. The van der Waals surface area contributed by atoms with E-state index in [2.05, 4.69) is 226 Å². The molecule has 0 spiro atoms. The number of nitrogens with zero attached hydrogens (tertiary/aromatic N) is 1. The van der Waals surface area contributed by atoms with Crippen LogP contribution in [0.15, 0.2) is 194 Å². The zero-order chi connectivity index (χ0) is 39.7. The van der Waals surface area contributed by atoms with Crippen LogP contribution in [0.4, 0.5) is 17.1 Å². The van der Waals surface area contributed by atoms with Gasteiger partial charge in [-0.25, -0.2) is 0 Å². The van der Waals surface area contributed by atoms with Crippen molar-refractivity contribution in [3.63, 3.8) is 0 Å². The van der Waals surface area contributed by atoms with Crippen molar-refractivity contribution < 1.29 is 0 Å². The van der Waals surface area contributed by atoms with Crippen LogP contribution in [0.2, 0.25) is 0 Å². The van der Waals surface area contributed by atoms with Crippen molar-refractivity contribution in [2.24, 2.45) is 5.92 Å². The summed E-state index contributed by atoms with van der Waals surface area (Å²) in [7, 11) is 0. The Kier molecular flexibility index (Phi) is 8.27. The van der Waals surface area contributed by atoms with Gasteiger partial charge in [0.15, 0.2) is 0 Å². The summed E-state index contributed by atoms with van der Waals surface area (Å²) < 4.78 is 0. The molecule has 0 heterocycles. The highest BCUT2D eigenvalue weighted by molar-refractivity contribution is 6.00. The lowest BCUT2D eigenvalue weighted by Gasteiger charge is -2.26. The zero-order valence-electron chi connectivity index (χ0n) is 33.8. The monoisotopic (exact) mass is 755 g/mol. The van der Waals surface area contributed by atoms with Crippen LogP contribution in [0.5, 0.6) is 0 Å². The van der Waals surface area contributed by atoms with Gasteiger partial charge in [0.2, 0.25) is 0 Å². The molecular weight excluding hydrogens is 711 g/mol. The first kappa shape index (κ1) is 35.2. The maximum absolute atomic E-state index is 2.39. The maximum Gasteiger partial charge on any atom is 0.0462 e. The van der Waals surface area contributed by atoms with Crippen LogP contribution in [0.1, 0.15) is 43.0 Å². The van der Waals surface area contributed by atoms with Crippen LogP contribution in [-0.2, 0) is 11.8 Å². The van der Waals surface area contributed by atoms with Crippen LogP contribution in [0, 0.1) is 5.92 Å². The predicted molar refractivity (Wildman–Crippen MR) is 252 cm³/mol. The lowest BCUT2D eigenvalue weighted by Crippen LogP contribution is -2.14. The van der Waals surface area contributed by atoms with Crippen molar-refractivity contribution in [3.05, 3.63) is 216 Å². The lowest BCUT2D eigenvalue weighted by molar-refractivity contribution is 0.660. The van der Waals surface area contributed by atoms with Gasteiger partial charge in [0.05, 0.1) is 0 Å². The van der Waals surface area contributed by atoms with E-state index in [1.165, 1.54) is 88.3 Å². The molecule has 59 heavy (non-hydrogen) atoms. The summed E-state index contributed by atoms with van der Waals surface area (Å²) >= 11 is 0. The molecule has 1 unspecified atom stereocenters. The molecule has 0 aliphatic heterocycles. The van der Waals surface area contributed by atoms with Crippen LogP contribution in [-0.4, -0.2) is 0 Å². The highest BCUT2D eigenvalue weighted by Crippen LogP contribution is 2.52. The first-order chi connectivity index (χ1) is 28.9. The Morgan fingerprint density at radius 2 is 1.03 bits per heavy atom. The van der Waals surface area contributed by atoms with Crippen molar-refractivity contribution in [1.82, 2.24) is 0 Å². The Labute approximate surface area is 347 Å². The fourth-order valence-corrected chi connectivity index (χ4v) is 9.93. The SMILES string of the molecule is CC1C=Cc2ccc3c(-c4ccc(N(c5ccc(-c6ccc7ccccc7c6)cc5)c5ccc(-c6cccc7c6-c6ccccc6C7(C)C)cc5)cc4)cccc3c2C1. The third kappa shape index (κ3) is 5.92. The number of benzene rings is 9. The molecule has 11 rings (SSSR count). The summed E-state index contributed by atoms with van der Waals surface area (Å²) in [5.41, 5.74) is 19.1. The highest BCUT2D eigenvalue weighted by Gasteiger charge is 2.36. The van der Waals surface area contributed by atoms with Gasteiger partial charge in [0.25, 0.3) is 0 Å². The van der Waals surface area contributed by atoms with E-state index in [-0.39, 0.29) is 5.41 Å². The molecule has 0 aromatic heterocycles. The van der Waals surface area contributed by atoms with Gasteiger partial charge in [-0.05, 0) is 143 Å². The minimum Gasteiger partial charge on any atom is -0.311 e. The standard InChI is InChI=1S/C58H45N/c1-38-18-19-43-28-35-52-49(13-8-15-51(52)54(43)36-38)41-24-31-47(32-25-41)59(46-29-22-40(23-30-46)45-21-20-39-10-4-5-11-44(39)37-45)48-33-26-42(27-34-48)50-14-9-17-56-57(50)53-12-6-7-16-55(53)58(56,2)3/h4-35,37-38H,36H2,1-3H3. The van der Waals surface area contributed by atoms with E-state index >= 15 is 0 Å². The molecule has 0 amide bonds. The average molecular weight is 756 g/mol. The minimum absolute atomic E-state index is 0.0365. The number of anilines is 3. The smallest absolute Gasteiger partial charge is 0.0462 e. The molecule has 2 aliphatic carbocycles. The van der Waals surface area contributed by atoms with Gasteiger partial charge in [-0.1, -0.05) is 179 Å². The molecule has 0 saturated heterocycles. The second kappa shape index (κ2) is 13.9. The molecule has 0 fully saturated rings. The molecule has 0 N–H and O–H groups in total. The number of hydrogen-bond donors (Lipinski definition) is 0. The molecule has 0 radical (unpaired) electrons. The summed E-state index contributed by atoms with van der Waals surface area (Å²) in [6, 6.07) is 69.8. The van der Waals surface area contributed by atoms with E-state index in [0.717, 1.165) is 23.5 Å². The molecule has 9 aromatic rings. The Balaban J connectivity index is 0.990. The van der Waals surface area contributed by atoms with E-state index in [1.54, 1.807) is 0 Å². The summed E-state index contributed by atoms with van der Waals surface area (Å²) in [4.78, 5) is 2.39. The van der Waals surface area contributed by atoms with Gasteiger partial charge in [-0.3, -0.25) is 0 Å². The average Bonchev–Trinajstić information content (AvgIpc) is 3.52. The van der Waals surface area contributed by atoms with Crippen LogP contribution < -0.4 is 4.90 Å². The van der Waals surface area contributed by atoms with Gasteiger partial charge >= 0.3 is 0 Å². The summed E-state index contributed by atoms with van der Waals surface area (Å²) in [6.07, 6.45) is 5.71. The molecule has 282 valence electrons.